The second-order valence-electron chi connectivity index (χ2n) is 6.40. The van der Waals surface area contributed by atoms with Gasteiger partial charge in [0.25, 0.3) is 5.91 Å². The van der Waals surface area contributed by atoms with Crippen molar-refractivity contribution in [2.45, 2.75) is 12.5 Å². The van der Waals surface area contributed by atoms with Crippen LogP contribution >= 0.6 is 0 Å². The van der Waals surface area contributed by atoms with Crippen LogP contribution in [-0.4, -0.2) is 70.1 Å². The van der Waals surface area contributed by atoms with Gasteiger partial charge in [0.2, 0.25) is 0 Å². The summed E-state index contributed by atoms with van der Waals surface area (Å²) in [5.74, 6) is -0.0328. The molecular formula is C16H22FN2O4S+. The number of methoxy groups -OCH3 is 1. The van der Waals surface area contributed by atoms with Crippen molar-refractivity contribution in [1.82, 2.24) is 4.90 Å². The molecule has 2 aliphatic heterocycles. The maximum absolute atomic E-state index is 14.1. The first-order valence-electron chi connectivity index (χ1n) is 8.07. The van der Waals surface area contributed by atoms with E-state index in [-0.39, 0.29) is 29.0 Å². The molecule has 0 aliphatic carbocycles. The number of benzene rings is 1. The minimum Gasteiger partial charge on any atom is -0.497 e. The SMILES string of the molecule is COc1ccc(C(=O)N2CC[NH+]([C@H]3CCS(=O)(=O)C3)CC2)c(F)c1. The lowest BCUT2D eigenvalue weighted by atomic mass is 10.1. The summed E-state index contributed by atoms with van der Waals surface area (Å²) in [6, 6.07) is 4.35. The van der Waals surface area contributed by atoms with E-state index in [1.165, 1.54) is 24.1 Å². The van der Waals surface area contributed by atoms with Crippen LogP contribution in [0.3, 0.4) is 0 Å². The Hall–Kier alpha value is -1.67. The number of carbonyl (C=O) groups is 1. The smallest absolute Gasteiger partial charge is 0.257 e. The summed E-state index contributed by atoms with van der Waals surface area (Å²) in [6.45, 7) is 2.42. The lowest BCUT2D eigenvalue weighted by Crippen LogP contribution is -3.18. The van der Waals surface area contributed by atoms with Crippen LogP contribution in [0.25, 0.3) is 0 Å². The van der Waals surface area contributed by atoms with E-state index in [0.29, 0.717) is 38.3 Å². The van der Waals surface area contributed by atoms with Crippen LogP contribution in [0.4, 0.5) is 4.39 Å². The second-order valence-corrected chi connectivity index (χ2v) is 8.62. The molecule has 3 rings (SSSR count). The maximum Gasteiger partial charge on any atom is 0.257 e. The molecule has 2 fully saturated rings. The summed E-state index contributed by atoms with van der Waals surface area (Å²) in [4.78, 5) is 15.4. The highest BCUT2D eigenvalue weighted by Gasteiger charge is 2.37. The second kappa shape index (κ2) is 6.68. The minimum absolute atomic E-state index is 0.0442. The molecule has 0 saturated carbocycles. The molecule has 1 amide bonds. The first kappa shape index (κ1) is 17.2. The first-order valence-corrected chi connectivity index (χ1v) is 9.89. The fourth-order valence-electron chi connectivity index (χ4n) is 3.49. The van der Waals surface area contributed by atoms with Crippen molar-refractivity contribution in [3.8, 4) is 5.75 Å². The Kier molecular flexibility index (Phi) is 4.78. The normalized spacial score (nSPS) is 24.1. The van der Waals surface area contributed by atoms with E-state index in [0.717, 1.165) is 0 Å². The van der Waals surface area contributed by atoms with Gasteiger partial charge in [-0.3, -0.25) is 4.79 Å². The van der Waals surface area contributed by atoms with E-state index >= 15 is 0 Å². The number of hydrogen-bond donors (Lipinski definition) is 1. The highest BCUT2D eigenvalue weighted by atomic mass is 32.2. The molecule has 2 aliphatic rings. The van der Waals surface area contributed by atoms with Crippen LogP contribution < -0.4 is 9.64 Å². The van der Waals surface area contributed by atoms with Gasteiger partial charge in [0.05, 0.1) is 44.6 Å². The van der Waals surface area contributed by atoms with Gasteiger partial charge in [-0.15, -0.1) is 0 Å². The molecule has 0 radical (unpaired) electrons. The Labute approximate surface area is 141 Å². The van der Waals surface area contributed by atoms with Gasteiger partial charge < -0.3 is 14.5 Å². The Morgan fingerprint density at radius 3 is 2.58 bits per heavy atom. The molecule has 0 unspecified atom stereocenters. The standard InChI is InChI=1S/C16H21FN2O4S/c1-23-13-2-3-14(15(17)10-13)16(20)19-7-5-18(6-8-19)12-4-9-24(21,22)11-12/h2-3,10,12H,4-9,11H2,1H3/p+1/t12-/m0/s1. The third-order valence-corrected chi connectivity index (χ3v) is 6.68. The van der Waals surface area contributed by atoms with Gasteiger partial charge >= 0.3 is 0 Å². The summed E-state index contributed by atoms with van der Waals surface area (Å²) in [7, 11) is -1.45. The van der Waals surface area contributed by atoms with Gasteiger partial charge in [-0.25, -0.2) is 12.8 Å². The molecular weight excluding hydrogens is 335 g/mol. The average Bonchev–Trinajstić information content (AvgIpc) is 2.94. The zero-order valence-corrected chi connectivity index (χ0v) is 14.4. The predicted molar refractivity (Wildman–Crippen MR) is 86.6 cm³/mol. The van der Waals surface area contributed by atoms with Crippen LogP contribution in [0.2, 0.25) is 0 Å². The molecule has 1 aromatic carbocycles. The Morgan fingerprint density at radius 2 is 2.04 bits per heavy atom. The van der Waals surface area contributed by atoms with Crippen molar-refractivity contribution in [1.29, 1.82) is 0 Å². The minimum atomic E-state index is -2.89. The zero-order chi connectivity index (χ0) is 17.3. The van der Waals surface area contributed by atoms with E-state index in [1.807, 2.05) is 0 Å². The number of nitrogens with one attached hydrogen (secondary N) is 1. The first-order chi connectivity index (χ1) is 11.4. The predicted octanol–water partition coefficient (Wildman–Crippen LogP) is -0.638. The molecule has 1 N–H and O–H groups in total. The fourth-order valence-corrected chi connectivity index (χ4v) is 5.31. The van der Waals surface area contributed by atoms with Crippen LogP contribution in [0.1, 0.15) is 16.8 Å². The third kappa shape index (κ3) is 3.54. The molecule has 2 heterocycles. The molecule has 0 aromatic heterocycles. The quantitative estimate of drug-likeness (QED) is 0.782. The lowest BCUT2D eigenvalue weighted by molar-refractivity contribution is -0.925. The van der Waals surface area contributed by atoms with E-state index in [2.05, 4.69) is 0 Å². The van der Waals surface area contributed by atoms with Crippen LogP contribution in [-0.2, 0) is 9.84 Å². The summed E-state index contributed by atoms with van der Waals surface area (Å²) >= 11 is 0. The number of piperazine rings is 1. The van der Waals surface area contributed by atoms with Gasteiger partial charge in [-0.05, 0) is 12.1 Å². The van der Waals surface area contributed by atoms with Gasteiger partial charge in [0.15, 0.2) is 9.84 Å². The number of quaternary nitrogens is 1. The van der Waals surface area contributed by atoms with E-state index < -0.39 is 15.7 Å². The molecule has 0 spiro atoms. The van der Waals surface area contributed by atoms with Crippen LogP contribution in [0, 0.1) is 5.82 Å². The Morgan fingerprint density at radius 1 is 1.33 bits per heavy atom. The number of ether oxygens (including phenoxy) is 1. The number of hydrogen-bond acceptors (Lipinski definition) is 4. The number of amides is 1. The Balaban J connectivity index is 1.61. The van der Waals surface area contributed by atoms with Crippen LogP contribution in [0.15, 0.2) is 18.2 Å². The molecule has 132 valence electrons. The number of rotatable bonds is 3. The molecule has 1 atom stereocenters. The summed E-state index contributed by atoms with van der Waals surface area (Å²) in [6.07, 6.45) is 0.693. The van der Waals surface area contributed by atoms with Crippen molar-refractivity contribution in [3.05, 3.63) is 29.6 Å². The monoisotopic (exact) mass is 357 g/mol. The largest absolute Gasteiger partial charge is 0.497 e. The van der Waals surface area contributed by atoms with Crippen molar-refractivity contribution in [3.63, 3.8) is 0 Å². The maximum atomic E-state index is 14.1. The van der Waals surface area contributed by atoms with Gasteiger partial charge in [-0.1, -0.05) is 0 Å². The summed E-state index contributed by atoms with van der Waals surface area (Å²) in [5.41, 5.74) is 0.0442. The highest BCUT2D eigenvalue weighted by Crippen LogP contribution is 2.18. The van der Waals surface area contributed by atoms with Crippen molar-refractivity contribution in [2.75, 3.05) is 44.8 Å². The van der Waals surface area contributed by atoms with E-state index in [4.69, 9.17) is 4.74 Å². The van der Waals surface area contributed by atoms with Crippen molar-refractivity contribution in [2.24, 2.45) is 0 Å². The molecule has 2 saturated heterocycles. The molecule has 0 bridgehead atoms. The lowest BCUT2D eigenvalue weighted by Gasteiger charge is -2.35. The van der Waals surface area contributed by atoms with Gasteiger partial charge in [0, 0.05) is 12.5 Å². The van der Waals surface area contributed by atoms with Crippen LogP contribution in [0.5, 0.6) is 5.75 Å². The molecule has 6 nitrogen and oxygen atoms in total. The third-order valence-electron chi connectivity index (χ3n) is 4.91. The van der Waals surface area contributed by atoms with E-state index in [9.17, 15) is 17.6 Å². The zero-order valence-electron chi connectivity index (χ0n) is 13.6. The summed E-state index contributed by atoms with van der Waals surface area (Å²) < 4.78 is 42.2. The number of sulfone groups is 1. The number of nitrogens with zero attached hydrogens (tertiary/aromatic N) is 1. The topological polar surface area (TPSA) is 68.1 Å². The highest BCUT2D eigenvalue weighted by molar-refractivity contribution is 7.91. The molecule has 8 heteroatoms. The van der Waals surface area contributed by atoms with Crippen molar-refractivity contribution < 1.29 is 27.2 Å². The molecule has 1 aromatic rings. The van der Waals surface area contributed by atoms with Crippen molar-refractivity contribution >= 4 is 15.7 Å². The Bertz CT molecular complexity index is 730. The van der Waals surface area contributed by atoms with E-state index in [1.54, 1.807) is 11.0 Å². The van der Waals surface area contributed by atoms with Gasteiger partial charge in [0.1, 0.15) is 23.4 Å². The summed E-state index contributed by atoms with van der Waals surface area (Å²) in [5, 5.41) is 0. The molecule has 24 heavy (non-hydrogen) atoms. The van der Waals surface area contributed by atoms with Gasteiger partial charge in [-0.2, -0.15) is 0 Å². The fraction of sp³-hybridized carbons (Fsp3) is 0.562. The number of halogens is 1. The number of carbonyl (C=O) groups excluding carboxylic acids is 1. The average molecular weight is 357 g/mol.